The standard InChI is InChI=1S/C36H43Cl2N3O7S/c1-5-47-35(44)36(2,3)23-12-10-11-22(19-23)21-48-39-33(42)31-25-13-6-7-14-26(25)34(43)41(32(31)27-18-17-24(37)20-28(27)38)30-16-9-8-15-29(30)40-49(4,45)46/h6-7,10-14,17-20,29-32,34,40,43H,5,8-9,15-16,21H2,1-4H3,(H,39,42)/t29-,30-,31+,32-,34?/m0/s1. The fraction of sp³-hybridized carbons (Fsp3) is 0.444. The first-order valence-corrected chi connectivity index (χ1v) is 19.0. The highest BCUT2D eigenvalue weighted by Gasteiger charge is 2.50. The van der Waals surface area contributed by atoms with Crippen molar-refractivity contribution in [1.82, 2.24) is 15.1 Å². The lowest BCUT2D eigenvalue weighted by atomic mass is 9.76. The fourth-order valence-corrected chi connectivity index (χ4v) is 8.40. The molecule has 1 unspecified atom stereocenters. The summed E-state index contributed by atoms with van der Waals surface area (Å²) in [6.45, 7) is 5.62. The zero-order chi connectivity index (χ0) is 35.5. The van der Waals surface area contributed by atoms with Gasteiger partial charge in [0.15, 0.2) is 0 Å². The van der Waals surface area contributed by atoms with Crippen LogP contribution in [0.4, 0.5) is 0 Å². The van der Waals surface area contributed by atoms with Gasteiger partial charge >= 0.3 is 5.97 Å². The Kier molecular flexibility index (Phi) is 11.8. The van der Waals surface area contributed by atoms with Crippen molar-refractivity contribution in [2.45, 2.75) is 88.7 Å². The highest BCUT2D eigenvalue weighted by molar-refractivity contribution is 7.88. The Morgan fingerprint density at radius 2 is 1.69 bits per heavy atom. The van der Waals surface area contributed by atoms with Crippen LogP contribution in [0.3, 0.4) is 0 Å². The van der Waals surface area contributed by atoms with Gasteiger partial charge in [0.2, 0.25) is 10.0 Å². The van der Waals surface area contributed by atoms with Crippen LogP contribution in [0.2, 0.25) is 10.0 Å². The van der Waals surface area contributed by atoms with Gasteiger partial charge in [0.25, 0.3) is 5.91 Å². The largest absolute Gasteiger partial charge is 0.465 e. The van der Waals surface area contributed by atoms with E-state index in [2.05, 4.69) is 10.2 Å². The number of esters is 1. The number of ether oxygens (including phenoxy) is 1. The van der Waals surface area contributed by atoms with Crippen LogP contribution >= 0.6 is 23.2 Å². The molecular weight excluding hydrogens is 689 g/mol. The molecule has 3 N–H and O–H groups in total. The summed E-state index contributed by atoms with van der Waals surface area (Å²) in [5.74, 6) is -1.75. The Morgan fingerprint density at radius 1 is 0.980 bits per heavy atom. The molecule has 1 fully saturated rings. The zero-order valence-electron chi connectivity index (χ0n) is 28.0. The molecule has 0 saturated heterocycles. The monoisotopic (exact) mass is 731 g/mol. The third kappa shape index (κ3) is 8.31. The molecular formula is C36H43Cl2N3O7S. The van der Waals surface area contributed by atoms with E-state index in [1.54, 1.807) is 63.2 Å². The molecule has 264 valence electrons. The molecule has 10 nitrogen and oxygen atoms in total. The van der Waals surface area contributed by atoms with Crippen molar-refractivity contribution in [3.63, 3.8) is 0 Å². The van der Waals surface area contributed by atoms with Crippen molar-refractivity contribution >= 4 is 45.1 Å². The quantitative estimate of drug-likeness (QED) is 0.160. The molecule has 3 aromatic rings. The molecule has 5 rings (SSSR count). The number of nitrogens with zero attached hydrogens (tertiary/aromatic N) is 1. The van der Waals surface area contributed by atoms with Gasteiger partial charge in [0.1, 0.15) is 6.23 Å². The first-order valence-electron chi connectivity index (χ1n) is 16.4. The second-order valence-corrected chi connectivity index (χ2v) is 15.8. The Hall–Kier alpha value is -3.03. The normalized spacial score (nSPS) is 23.0. The summed E-state index contributed by atoms with van der Waals surface area (Å²) < 4.78 is 33.0. The van der Waals surface area contributed by atoms with Gasteiger partial charge < -0.3 is 9.84 Å². The van der Waals surface area contributed by atoms with Gasteiger partial charge in [-0.2, -0.15) is 0 Å². The lowest BCUT2D eigenvalue weighted by molar-refractivity contribution is -0.148. The number of aliphatic hydroxyl groups is 1. The maximum atomic E-state index is 14.4. The van der Waals surface area contributed by atoms with Crippen LogP contribution in [0.1, 0.15) is 92.5 Å². The molecule has 0 bridgehead atoms. The number of rotatable bonds is 11. The van der Waals surface area contributed by atoms with Crippen molar-refractivity contribution < 1.29 is 32.7 Å². The molecule has 1 saturated carbocycles. The van der Waals surface area contributed by atoms with Crippen LogP contribution in [-0.2, 0) is 41.2 Å². The van der Waals surface area contributed by atoms with Gasteiger partial charge in [-0.25, -0.2) is 18.6 Å². The van der Waals surface area contributed by atoms with Gasteiger partial charge in [-0.15, -0.1) is 0 Å². The second-order valence-electron chi connectivity index (χ2n) is 13.2. The molecule has 0 radical (unpaired) electrons. The van der Waals surface area contributed by atoms with Crippen molar-refractivity contribution in [2.24, 2.45) is 0 Å². The minimum atomic E-state index is -3.58. The number of benzene rings is 3. The van der Waals surface area contributed by atoms with Gasteiger partial charge in [0, 0.05) is 22.1 Å². The molecule has 1 aliphatic carbocycles. The summed E-state index contributed by atoms with van der Waals surface area (Å²) in [5, 5.41) is 12.7. The Bertz CT molecular complexity index is 1790. The first kappa shape index (κ1) is 37.2. The van der Waals surface area contributed by atoms with Gasteiger partial charge in [-0.3, -0.25) is 19.3 Å². The van der Waals surface area contributed by atoms with E-state index in [0.29, 0.717) is 39.6 Å². The zero-order valence-corrected chi connectivity index (χ0v) is 30.3. The third-order valence-electron chi connectivity index (χ3n) is 9.42. The molecule has 3 aromatic carbocycles. The maximum Gasteiger partial charge on any atom is 0.315 e. The van der Waals surface area contributed by atoms with E-state index in [4.69, 9.17) is 32.8 Å². The number of halogens is 2. The average molecular weight is 733 g/mol. The number of amides is 1. The summed E-state index contributed by atoms with van der Waals surface area (Å²) in [4.78, 5) is 34.6. The SMILES string of the molecule is CCOC(=O)C(C)(C)c1cccc(CONC(=O)[C@@H]2c3ccccc3C(O)N([C@H]3CCCC[C@@H]3NS(C)(=O)=O)[C@H]2c2ccc(Cl)cc2Cl)c1. The maximum absolute atomic E-state index is 14.4. The highest BCUT2D eigenvalue weighted by atomic mass is 35.5. The predicted octanol–water partition coefficient (Wildman–Crippen LogP) is 6.07. The number of aliphatic hydroxyl groups excluding tert-OH is 1. The molecule has 0 aromatic heterocycles. The molecule has 49 heavy (non-hydrogen) atoms. The van der Waals surface area contributed by atoms with Crippen LogP contribution in [0, 0.1) is 0 Å². The van der Waals surface area contributed by atoms with Crippen LogP contribution < -0.4 is 10.2 Å². The van der Waals surface area contributed by atoms with Gasteiger partial charge in [0.05, 0.1) is 36.8 Å². The summed E-state index contributed by atoms with van der Waals surface area (Å²) in [5.41, 5.74) is 4.89. The summed E-state index contributed by atoms with van der Waals surface area (Å²) in [7, 11) is -3.58. The topological polar surface area (TPSA) is 134 Å². The number of sulfonamides is 1. The number of hydrogen-bond acceptors (Lipinski definition) is 8. The molecule has 0 spiro atoms. The minimum Gasteiger partial charge on any atom is -0.465 e. The molecule has 2 aliphatic rings. The molecule has 5 atom stereocenters. The Morgan fingerprint density at radius 3 is 2.39 bits per heavy atom. The smallest absolute Gasteiger partial charge is 0.315 e. The molecule has 1 aliphatic heterocycles. The van der Waals surface area contributed by atoms with Crippen LogP contribution in [-0.4, -0.2) is 55.2 Å². The van der Waals surface area contributed by atoms with Crippen LogP contribution in [0.25, 0.3) is 0 Å². The van der Waals surface area contributed by atoms with Gasteiger partial charge in [-0.1, -0.05) is 90.6 Å². The first-order chi connectivity index (χ1) is 23.2. The van der Waals surface area contributed by atoms with Crippen LogP contribution in [0.15, 0.2) is 66.7 Å². The average Bonchev–Trinajstić information content (AvgIpc) is 3.05. The van der Waals surface area contributed by atoms with Crippen molar-refractivity contribution in [3.8, 4) is 0 Å². The Labute approximate surface area is 298 Å². The van der Waals surface area contributed by atoms with Crippen molar-refractivity contribution in [2.75, 3.05) is 12.9 Å². The number of carbonyl (C=O) groups excluding carboxylic acids is 2. The van der Waals surface area contributed by atoms with E-state index >= 15 is 0 Å². The number of nitrogens with one attached hydrogen (secondary N) is 2. The van der Waals surface area contributed by atoms with E-state index in [1.807, 2.05) is 29.2 Å². The molecule has 13 heteroatoms. The third-order valence-corrected chi connectivity index (χ3v) is 10.7. The number of hydroxylamine groups is 1. The van der Waals surface area contributed by atoms with Gasteiger partial charge in [-0.05, 0) is 73.6 Å². The van der Waals surface area contributed by atoms with Crippen molar-refractivity contribution in [1.29, 1.82) is 0 Å². The lowest BCUT2D eigenvalue weighted by Crippen LogP contribution is -2.58. The summed E-state index contributed by atoms with van der Waals surface area (Å²) in [6.07, 6.45) is 2.72. The van der Waals surface area contributed by atoms with E-state index in [0.717, 1.165) is 30.2 Å². The van der Waals surface area contributed by atoms with E-state index < -0.39 is 51.6 Å². The number of fused-ring (bicyclic) bond motifs is 1. The minimum absolute atomic E-state index is 0.00847. The van der Waals surface area contributed by atoms with Crippen LogP contribution in [0.5, 0.6) is 0 Å². The highest BCUT2D eigenvalue weighted by Crippen LogP contribution is 2.51. The number of hydrogen-bond donors (Lipinski definition) is 3. The molecule has 1 amide bonds. The lowest BCUT2D eigenvalue weighted by Gasteiger charge is -2.51. The summed E-state index contributed by atoms with van der Waals surface area (Å²) >= 11 is 13.1. The summed E-state index contributed by atoms with van der Waals surface area (Å²) in [6, 6.07) is 17.7. The fourth-order valence-electron chi connectivity index (χ4n) is 7.05. The predicted molar refractivity (Wildman–Crippen MR) is 188 cm³/mol. The van der Waals surface area contributed by atoms with E-state index in [9.17, 15) is 23.1 Å². The molecule has 1 heterocycles. The van der Waals surface area contributed by atoms with Crippen molar-refractivity contribution in [3.05, 3.63) is 105 Å². The Balaban J connectivity index is 1.50. The van der Waals surface area contributed by atoms with E-state index in [1.165, 1.54) is 0 Å². The second kappa shape index (κ2) is 15.5. The van der Waals surface area contributed by atoms with E-state index in [-0.39, 0.29) is 19.2 Å². The number of carbonyl (C=O) groups is 2.